The highest BCUT2D eigenvalue weighted by atomic mass is 16.5. The summed E-state index contributed by atoms with van der Waals surface area (Å²) in [6.07, 6.45) is 0. The van der Waals surface area contributed by atoms with E-state index in [1.54, 1.807) is 13.2 Å². The van der Waals surface area contributed by atoms with Gasteiger partial charge in [-0.05, 0) is 17.7 Å². The van der Waals surface area contributed by atoms with Crippen LogP contribution in [0.4, 0.5) is 0 Å². The summed E-state index contributed by atoms with van der Waals surface area (Å²) < 4.78 is 4.92. The predicted octanol–water partition coefficient (Wildman–Crippen LogP) is 3.76. The first kappa shape index (κ1) is 16.1. The summed E-state index contributed by atoms with van der Waals surface area (Å²) in [5, 5.41) is 8.54. The van der Waals surface area contributed by atoms with E-state index in [0.717, 1.165) is 5.56 Å². The number of hydrogen-bond acceptors (Lipinski definition) is 2. The molecule has 0 spiro atoms. The molecule has 15 heavy (non-hydrogen) atoms. The molecule has 1 aromatic carbocycles. The van der Waals surface area contributed by atoms with E-state index in [2.05, 4.69) is 6.07 Å². The number of hydrogen-bond donors (Lipinski definition) is 0. The first-order chi connectivity index (χ1) is 7.36. The minimum Gasteiger partial charge on any atom is -0.380 e. The van der Waals surface area contributed by atoms with Crippen molar-refractivity contribution in [3.63, 3.8) is 0 Å². The molecule has 0 aromatic heterocycles. The first-order valence-electron chi connectivity index (χ1n) is 5.35. The average molecular weight is 207 g/mol. The summed E-state index contributed by atoms with van der Waals surface area (Å²) in [6.45, 7) is 8.56. The smallest absolute Gasteiger partial charge is 0.0991 e. The first-order valence-corrected chi connectivity index (χ1v) is 5.35. The van der Waals surface area contributed by atoms with Crippen molar-refractivity contribution < 1.29 is 4.74 Å². The van der Waals surface area contributed by atoms with Crippen LogP contribution < -0.4 is 0 Å². The lowest BCUT2D eigenvalue weighted by atomic mass is 10.1. The van der Waals surface area contributed by atoms with Gasteiger partial charge in [0.2, 0.25) is 0 Å². The lowest BCUT2D eigenvalue weighted by molar-refractivity contribution is 0.185. The Morgan fingerprint density at radius 1 is 1.20 bits per heavy atom. The van der Waals surface area contributed by atoms with Crippen LogP contribution in [0.1, 0.15) is 38.8 Å². The van der Waals surface area contributed by atoms with E-state index in [1.807, 2.05) is 45.9 Å². The Hall–Kier alpha value is -1.33. The number of nitriles is 1. The second-order valence-corrected chi connectivity index (χ2v) is 2.25. The Morgan fingerprint density at radius 3 is 2.27 bits per heavy atom. The molecule has 0 bridgehead atoms. The van der Waals surface area contributed by atoms with Gasteiger partial charge in [-0.1, -0.05) is 39.8 Å². The van der Waals surface area contributed by atoms with Gasteiger partial charge in [-0.25, -0.2) is 0 Å². The summed E-state index contributed by atoms with van der Waals surface area (Å²) in [5.74, 6) is 0. The third-order valence-corrected chi connectivity index (χ3v) is 1.37. The molecule has 0 N–H and O–H groups in total. The molecule has 0 saturated carbocycles. The SMILES string of the molecule is CC.CC.COCc1cccc(C#N)c1. The molecule has 0 unspecified atom stereocenters. The molecule has 1 rings (SSSR count). The molecule has 0 saturated heterocycles. The van der Waals surface area contributed by atoms with Crippen LogP contribution in [0.15, 0.2) is 24.3 Å². The van der Waals surface area contributed by atoms with E-state index < -0.39 is 0 Å². The fourth-order valence-electron chi connectivity index (χ4n) is 0.897. The van der Waals surface area contributed by atoms with Crippen LogP contribution in [0.3, 0.4) is 0 Å². The zero-order valence-corrected chi connectivity index (χ0v) is 10.4. The molecule has 0 aliphatic heterocycles. The van der Waals surface area contributed by atoms with Gasteiger partial charge in [0.25, 0.3) is 0 Å². The molecule has 0 fully saturated rings. The van der Waals surface area contributed by atoms with Crippen molar-refractivity contribution in [1.29, 1.82) is 5.26 Å². The van der Waals surface area contributed by atoms with Gasteiger partial charge in [-0.3, -0.25) is 0 Å². The third-order valence-electron chi connectivity index (χ3n) is 1.37. The molecule has 0 radical (unpaired) electrons. The molecule has 0 atom stereocenters. The Balaban J connectivity index is 0. The molecule has 2 heteroatoms. The second-order valence-electron chi connectivity index (χ2n) is 2.25. The quantitative estimate of drug-likeness (QED) is 0.739. The van der Waals surface area contributed by atoms with Gasteiger partial charge in [0.15, 0.2) is 0 Å². The number of benzene rings is 1. The summed E-state index contributed by atoms with van der Waals surface area (Å²) >= 11 is 0. The largest absolute Gasteiger partial charge is 0.380 e. The lowest BCUT2D eigenvalue weighted by Gasteiger charge is -1.97. The zero-order chi connectivity index (χ0) is 12.1. The summed E-state index contributed by atoms with van der Waals surface area (Å²) in [4.78, 5) is 0. The fourth-order valence-corrected chi connectivity index (χ4v) is 0.897. The van der Waals surface area contributed by atoms with Crippen LogP contribution in [-0.2, 0) is 11.3 Å². The van der Waals surface area contributed by atoms with Crippen molar-refractivity contribution in [2.24, 2.45) is 0 Å². The molecule has 1 aromatic rings. The fraction of sp³-hybridized carbons (Fsp3) is 0.462. The molecule has 0 heterocycles. The maximum Gasteiger partial charge on any atom is 0.0991 e. The third kappa shape index (κ3) is 7.72. The van der Waals surface area contributed by atoms with Crippen LogP contribution in [0, 0.1) is 11.3 Å². The van der Waals surface area contributed by atoms with E-state index in [0.29, 0.717) is 12.2 Å². The number of nitrogens with zero attached hydrogens (tertiary/aromatic N) is 1. The van der Waals surface area contributed by atoms with Crippen molar-refractivity contribution >= 4 is 0 Å². The average Bonchev–Trinajstić information content (AvgIpc) is 2.35. The summed E-state index contributed by atoms with van der Waals surface area (Å²) in [6, 6.07) is 9.46. The zero-order valence-electron chi connectivity index (χ0n) is 10.4. The molecular weight excluding hydrogens is 186 g/mol. The van der Waals surface area contributed by atoms with Crippen molar-refractivity contribution in [3.05, 3.63) is 35.4 Å². The summed E-state index contributed by atoms with van der Waals surface area (Å²) in [7, 11) is 1.64. The highest BCUT2D eigenvalue weighted by molar-refractivity contribution is 5.32. The van der Waals surface area contributed by atoms with E-state index in [4.69, 9.17) is 10.00 Å². The maximum atomic E-state index is 8.54. The minimum atomic E-state index is 0.565. The minimum absolute atomic E-state index is 0.565. The van der Waals surface area contributed by atoms with Crippen molar-refractivity contribution in [3.8, 4) is 6.07 Å². The van der Waals surface area contributed by atoms with Gasteiger partial charge in [-0.15, -0.1) is 0 Å². The van der Waals surface area contributed by atoms with E-state index in [1.165, 1.54) is 0 Å². The van der Waals surface area contributed by atoms with Crippen LogP contribution >= 0.6 is 0 Å². The molecule has 0 aliphatic rings. The number of methoxy groups -OCH3 is 1. The Morgan fingerprint density at radius 2 is 1.80 bits per heavy atom. The van der Waals surface area contributed by atoms with Crippen molar-refractivity contribution in [2.45, 2.75) is 34.3 Å². The lowest BCUT2D eigenvalue weighted by Crippen LogP contribution is -1.87. The number of rotatable bonds is 2. The molecule has 84 valence electrons. The van der Waals surface area contributed by atoms with E-state index in [9.17, 15) is 0 Å². The summed E-state index contributed by atoms with van der Waals surface area (Å²) in [5.41, 5.74) is 1.71. The van der Waals surface area contributed by atoms with Crippen LogP contribution in [0.5, 0.6) is 0 Å². The van der Waals surface area contributed by atoms with Gasteiger partial charge in [0, 0.05) is 7.11 Å². The number of ether oxygens (including phenoxy) is 1. The molecule has 0 amide bonds. The van der Waals surface area contributed by atoms with Gasteiger partial charge < -0.3 is 4.74 Å². The Bertz CT molecular complexity index is 276. The maximum absolute atomic E-state index is 8.54. The Labute approximate surface area is 93.5 Å². The van der Waals surface area contributed by atoms with Crippen molar-refractivity contribution in [1.82, 2.24) is 0 Å². The van der Waals surface area contributed by atoms with Gasteiger partial charge in [0.05, 0.1) is 18.2 Å². The monoisotopic (exact) mass is 207 g/mol. The van der Waals surface area contributed by atoms with Crippen LogP contribution in [0.25, 0.3) is 0 Å². The highest BCUT2D eigenvalue weighted by Gasteiger charge is 1.92. The van der Waals surface area contributed by atoms with Crippen LogP contribution in [-0.4, -0.2) is 7.11 Å². The predicted molar refractivity (Wildman–Crippen MR) is 64.6 cm³/mol. The highest BCUT2D eigenvalue weighted by Crippen LogP contribution is 2.04. The second kappa shape index (κ2) is 12.7. The normalized spacial score (nSPS) is 7.47. The van der Waals surface area contributed by atoms with Gasteiger partial charge >= 0.3 is 0 Å². The molecule has 2 nitrogen and oxygen atoms in total. The standard InChI is InChI=1S/C9H9NO.2C2H6/c1-11-7-9-4-2-3-8(5-9)6-10;2*1-2/h2-5H,7H2,1H3;2*1-2H3. The topological polar surface area (TPSA) is 33.0 Å². The van der Waals surface area contributed by atoms with Gasteiger partial charge in [0.1, 0.15) is 0 Å². The Kier molecular flexibility index (Phi) is 13.6. The van der Waals surface area contributed by atoms with E-state index >= 15 is 0 Å². The van der Waals surface area contributed by atoms with Gasteiger partial charge in [-0.2, -0.15) is 5.26 Å². The molecular formula is C13H21NO. The molecule has 0 aliphatic carbocycles. The van der Waals surface area contributed by atoms with Crippen LogP contribution in [0.2, 0.25) is 0 Å². The van der Waals surface area contributed by atoms with E-state index in [-0.39, 0.29) is 0 Å². The van der Waals surface area contributed by atoms with Crippen molar-refractivity contribution in [2.75, 3.05) is 7.11 Å².